The SMILES string of the molecule is COc1ccc2c(C(=O)N[C@@]3(CO)C(O)O[C@H](CO)C[C@@H]3O)nn(Cc3ccc(Cl)c(Cl)c3)c2c1. The van der Waals surface area contributed by atoms with Crippen molar-refractivity contribution in [3.63, 3.8) is 0 Å². The van der Waals surface area contributed by atoms with Crippen molar-refractivity contribution in [1.82, 2.24) is 15.1 Å². The Bertz CT molecular complexity index is 1220. The molecule has 2 aromatic carbocycles. The fraction of sp³-hybridized carbons (Fsp3) is 0.391. The van der Waals surface area contributed by atoms with Gasteiger partial charge in [0, 0.05) is 17.9 Å². The maximum absolute atomic E-state index is 13.4. The first-order valence-electron chi connectivity index (χ1n) is 10.8. The molecule has 1 aliphatic rings. The van der Waals surface area contributed by atoms with Gasteiger partial charge in [0.05, 0.1) is 54.6 Å². The molecule has 0 bridgehead atoms. The number of rotatable bonds is 7. The Kier molecular flexibility index (Phi) is 7.53. The maximum atomic E-state index is 13.4. The molecule has 0 spiro atoms. The number of hydrogen-bond acceptors (Lipinski definition) is 8. The van der Waals surface area contributed by atoms with Crippen molar-refractivity contribution in [2.24, 2.45) is 0 Å². The number of nitrogens with zero attached hydrogens (tertiary/aromatic N) is 2. The van der Waals surface area contributed by atoms with Gasteiger partial charge in [0.25, 0.3) is 5.91 Å². The summed E-state index contributed by atoms with van der Waals surface area (Å²) < 4.78 is 12.2. The second-order valence-electron chi connectivity index (χ2n) is 8.33. The fourth-order valence-electron chi connectivity index (χ4n) is 4.12. The van der Waals surface area contributed by atoms with E-state index in [2.05, 4.69) is 10.4 Å². The number of halogens is 2. The Morgan fingerprint density at radius 1 is 1.23 bits per heavy atom. The van der Waals surface area contributed by atoms with E-state index in [-0.39, 0.29) is 18.7 Å². The smallest absolute Gasteiger partial charge is 0.273 e. The van der Waals surface area contributed by atoms with Crippen molar-refractivity contribution in [3.8, 4) is 5.75 Å². The minimum atomic E-state index is -1.91. The van der Waals surface area contributed by atoms with Crippen LogP contribution in [0.2, 0.25) is 10.0 Å². The lowest BCUT2D eigenvalue weighted by atomic mass is 9.85. The third-order valence-corrected chi connectivity index (χ3v) is 6.88. The van der Waals surface area contributed by atoms with E-state index in [4.69, 9.17) is 32.7 Å². The monoisotopic (exact) mass is 525 g/mol. The Labute approximate surface area is 210 Å². The zero-order chi connectivity index (χ0) is 25.3. The lowest BCUT2D eigenvalue weighted by Gasteiger charge is -2.46. The van der Waals surface area contributed by atoms with E-state index >= 15 is 0 Å². The van der Waals surface area contributed by atoms with Gasteiger partial charge in [-0.15, -0.1) is 0 Å². The number of hydrogen-bond donors (Lipinski definition) is 5. The molecule has 188 valence electrons. The number of aromatic nitrogens is 2. The highest BCUT2D eigenvalue weighted by molar-refractivity contribution is 6.42. The van der Waals surface area contributed by atoms with Crippen LogP contribution < -0.4 is 10.1 Å². The quantitative estimate of drug-likeness (QED) is 0.310. The van der Waals surface area contributed by atoms with Gasteiger partial charge in [-0.05, 0) is 29.8 Å². The maximum Gasteiger partial charge on any atom is 0.273 e. The number of benzene rings is 2. The van der Waals surface area contributed by atoms with Crippen molar-refractivity contribution in [2.45, 2.75) is 37.0 Å². The largest absolute Gasteiger partial charge is 0.497 e. The minimum absolute atomic E-state index is 0.000722. The average Bonchev–Trinajstić information content (AvgIpc) is 3.21. The number of nitrogens with one attached hydrogen (secondary N) is 1. The summed E-state index contributed by atoms with van der Waals surface area (Å²) in [5, 5.41) is 48.7. The van der Waals surface area contributed by atoms with Crippen LogP contribution in [0.3, 0.4) is 0 Å². The molecular formula is C23H25Cl2N3O7. The van der Waals surface area contributed by atoms with Crippen LogP contribution in [-0.4, -0.2) is 80.5 Å². The molecule has 1 amide bonds. The normalized spacial score (nSPS) is 24.5. The molecule has 4 rings (SSSR count). The molecule has 1 fully saturated rings. The molecule has 4 atom stereocenters. The van der Waals surface area contributed by atoms with Gasteiger partial charge in [0.15, 0.2) is 12.0 Å². The van der Waals surface area contributed by atoms with Crippen molar-refractivity contribution < 1.29 is 34.7 Å². The van der Waals surface area contributed by atoms with Gasteiger partial charge in [-0.25, -0.2) is 0 Å². The first-order valence-corrected chi connectivity index (χ1v) is 11.5. The molecule has 0 aliphatic carbocycles. The first kappa shape index (κ1) is 25.6. The molecule has 0 saturated carbocycles. The molecule has 12 heteroatoms. The van der Waals surface area contributed by atoms with E-state index < -0.39 is 43.2 Å². The number of fused-ring (bicyclic) bond motifs is 1. The zero-order valence-electron chi connectivity index (χ0n) is 18.7. The number of carbonyl (C=O) groups is 1. The highest BCUT2D eigenvalue weighted by Crippen LogP contribution is 2.31. The first-order chi connectivity index (χ1) is 16.7. The molecule has 10 nitrogen and oxygen atoms in total. The van der Waals surface area contributed by atoms with E-state index in [0.29, 0.717) is 26.7 Å². The van der Waals surface area contributed by atoms with Gasteiger partial charge in [0.2, 0.25) is 0 Å². The Hall–Kier alpha value is -2.44. The van der Waals surface area contributed by atoms with Crippen LogP contribution in [0.4, 0.5) is 0 Å². The van der Waals surface area contributed by atoms with Gasteiger partial charge < -0.3 is 35.2 Å². The summed E-state index contributed by atoms with van der Waals surface area (Å²) in [5.41, 5.74) is -0.541. The molecule has 5 N–H and O–H groups in total. The molecular weight excluding hydrogens is 501 g/mol. The fourth-order valence-corrected chi connectivity index (χ4v) is 4.44. The van der Waals surface area contributed by atoms with E-state index in [0.717, 1.165) is 5.56 Å². The molecule has 1 saturated heterocycles. The summed E-state index contributed by atoms with van der Waals surface area (Å²) in [6.45, 7) is -0.990. The Morgan fingerprint density at radius 3 is 2.63 bits per heavy atom. The van der Waals surface area contributed by atoms with Crippen molar-refractivity contribution in [1.29, 1.82) is 0 Å². The summed E-state index contributed by atoms with van der Waals surface area (Å²) in [5.74, 6) is -0.195. The summed E-state index contributed by atoms with van der Waals surface area (Å²) in [7, 11) is 1.52. The average molecular weight is 526 g/mol. The van der Waals surface area contributed by atoms with Crippen LogP contribution in [0, 0.1) is 0 Å². The van der Waals surface area contributed by atoms with Crippen LogP contribution in [0.1, 0.15) is 22.5 Å². The molecule has 0 radical (unpaired) electrons. The predicted octanol–water partition coefficient (Wildman–Crippen LogP) is 1.32. The number of methoxy groups -OCH3 is 1. The van der Waals surface area contributed by atoms with Crippen molar-refractivity contribution in [3.05, 3.63) is 57.7 Å². The second-order valence-corrected chi connectivity index (χ2v) is 9.15. The molecule has 3 aromatic rings. The van der Waals surface area contributed by atoms with Crippen LogP contribution >= 0.6 is 23.2 Å². The van der Waals surface area contributed by atoms with Crippen molar-refractivity contribution in [2.75, 3.05) is 20.3 Å². The summed E-state index contributed by atoms with van der Waals surface area (Å²) in [6, 6.07) is 10.2. The Balaban J connectivity index is 1.71. The van der Waals surface area contributed by atoms with Gasteiger partial charge in [-0.3, -0.25) is 9.48 Å². The third kappa shape index (κ3) is 4.83. The van der Waals surface area contributed by atoms with Crippen LogP contribution in [0.5, 0.6) is 5.75 Å². The number of ether oxygens (including phenoxy) is 2. The van der Waals surface area contributed by atoms with Gasteiger partial charge in [0.1, 0.15) is 11.3 Å². The van der Waals surface area contributed by atoms with E-state index in [1.807, 2.05) is 0 Å². The van der Waals surface area contributed by atoms with E-state index in [1.54, 1.807) is 41.1 Å². The second kappa shape index (κ2) is 10.3. The molecule has 1 aromatic heterocycles. The number of aliphatic hydroxyl groups is 4. The molecule has 1 unspecified atom stereocenters. The van der Waals surface area contributed by atoms with Crippen LogP contribution in [0.15, 0.2) is 36.4 Å². The topological polar surface area (TPSA) is 146 Å². The van der Waals surface area contributed by atoms with E-state index in [1.165, 1.54) is 7.11 Å². The predicted molar refractivity (Wildman–Crippen MR) is 128 cm³/mol. The standard InChI is InChI=1S/C23H25Cl2N3O7/c1-34-13-3-4-15-18(7-13)28(9-12-2-5-16(24)17(25)6-12)27-20(15)21(32)26-23(11-30)19(31)8-14(10-29)35-22(23)33/h2-7,14,19,22,29-31,33H,8-11H2,1H3,(H,26,32)/t14-,19-,22?,23+/m0/s1. The summed E-state index contributed by atoms with van der Waals surface area (Å²) in [4.78, 5) is 13.4. The molecule has 35 heavy (non-hydrogen) atoms. The van der Waals surface area contributed by atoms with E-state index in [9.17, 15) is 25.2 Å². The summed E-state index contributed by atoms with van der Waals surface area (Å²) in [6.07, 6.45) is -4.09. The Morgan fingerprint density at radius 2 is 2.00 bits per heavy atom. The highest BCUT2D eigenvalue weighted by atomic mass is 35.5. The lowest BCUT2D eigenvalue weighted by Crippen LogP contribution is -2.70. The minimum Gasteiger partial charge on any atom is -0.497 e. The molecule has 2 heterocycles. The summed E-state index contributed by atoms with van der Waals surface area (Å²) >= 11 is 12.2. The lowest BCUT2D eigenvalue weighted by molar-refractivity contribution is -0.253. The number of carbonyl (C=O) groups excluding carboxylic acids is 1. The van der Waals surface area contributed by atoms with Crippen molar-refractivity contribution >= 4 is 40.0 Å². The van der Waals surface area contributed by atoms with Gasteiger partial charge in [-0.2, -0.15) is 5.10 Å². The highest BCUT2D eigenvalue weighted by Gasteiger charge is 2.51. The number of amides is 1. The zero-order valence-corrected chi connectivity index (χ0v) is 20.2. The van der Waals surface area contributed by atoms with Gasteiger partial charge in [-0.1, -0.05) is 29.3 Å². The van der Waals surface area contributed by atoms with Gasteiger partial charge >= 0.3 is 0 Å². The van der Waals surface area contributed by atoms with Crippen LogP contribution in [-0.2, 0) is 11.3 Å². The number of aliphatic hydroxyl groups excluding tert-OH is 4. The third-order valence-electron chi connectivity index (χ3n) is 6.14. The van der Waals surface area contributed by atoms with Crippen LogP contribution in [0.25, 0.3) is 10.9 Å². The molecule has 1 aliphatic heterocycles.